The van der Waals surface area contributed by atoms with Crippen molar-refractivity contribution in [3.8, 4) is 0 Å². The first-order chi connectivity index (χ1) is 13.9. The van der Waals surface area contributed by atoms with Crippen molar-refractivity contribution in [2.24, 2.45) is 0 Å². The molecule has 2 N–H and O–H groups in total. The van der Waals surface area contributed by atoms with Gasteiger partial charge in [0.25, 0.3) is 17.4 Å². The molecule has 0 radical (unpaired) electrons. The van der Waals surface area contributed by atoms with Crippen molar-refractivity contribution in [3.63, 3.8) is 0 Å². The fraction of sp³-hybridized carbons (Fsp3) is 0.421. The molecule has 0 spiro atoms. The smallest absolute Gasteiger partial charge is 0.290 e. The second-order valence-electron chi connectivity index (χ2n) is 7.22. The lowest BCUT2D eigenvalue weighted by Crippen LogP contribution is -2.54. The number of fused-ring (bicyclic) bond motifs is 2. The summed E-state index contributed by atoms with van der Waals surface area (Å²) in [4.78, 5) is 51.2. The number of aryl methyl sites for hydroxylation is 1. The minimum Gasteiger partial charge on any atom is -0.315 e. The van der Waals surface area contributed by atoms with Gasteiger partial charge in [-0.25, -0.2) is 4.68 Å². The summed E-state index contributed by atoms with van der Waals surface area (Å²) in [5, 5.41) is 4.93. The minimum absolute atomic E-state index is 0.0465. The van der Waals surface area contributed by atoms with E-state index in [1.54, 1.807) is 47.9 Å². The van der Waals surface area contributed by atoms with E-state index in [1.807, 2.05) is 6.92 Å². The van der Waals surface area contributed by atoms with Crippen LogP contribution < -0.4 is 16.4 Å². The Morgan fingerprint density at radius 2 is 1.97 bits per heavy atom. The predicted molar refractivity (Wildman–Crippen MR) is 108 cm³/mol. The summed E-state index contributed by atoms with van der Waals surface area (Å²) in [6.45, 7) is 4.03. The summed E-state index contributed by atoms with van der Waals surface area (Å²) in [6, 6.07) is 6.08. The van der Waals surface area contributed by atoms with Gasteiger partial charge in [-0.2, -0.15) is 5.10 Å². The average molecular weight is 415 g/mol. The highest BCUT2D eigenvalue weighted by Gasteiger charge is 2.52. The average Bonchev–Trinajstić information content (AvgIpc) is 3.22. The first-order valence-electron chi connectivity index (χ1n) is 9.42. The van der Waals surface area contributed by atoms with Crippen molar-refractivity contribution in [1.29, 1.82) is 0 Å². The maximum atomic E-state index is 12.7. The van der Waals surface area contributed by atoms with Crippen LogP contribution in [0.5, 0.6) is 0 Å². The molecule has 3 amide bonds. The Hall–Kier alpha value is -2.88. The van der Waals surface area contributed by atoms with E-state index in [-0.39, 0.29) is 22.0 Å². The van der Waals surface area contributed by atoms with E-state index in [0.717, 1.165) is 0 Å². The van der Waals surface area contributed by atoms with Gasteiger partial charge in [-0.15, -0.1) is 11.8 Å². The molecule has 2 saturated heterocycles. The van der Waals surface area contributed by atoms with Crippen molar-refractivity contribution in [2.45, 2.75) is 44.1 Å². The first kappa shape index (κ1) is 19.4. The molecule has 29 heavy (non-hydrogen) atoms. The number of hydrogen-bond acceptors (Lipinski definition) is 6. The van der Waals surface area contributed by atoms with Crippen LogP contribution in [-0.4, -0.2) is 49.1 Å². The molecule has 0 saturated carbocycles. The maximum Gasteiger partial charge on any atom is 0.290 e. The van der Waals surface area contributed by atoms with Crippen molar-refractivity contribution >= 4 is 40.3 Å². The molecule has 0 aliphatic carbocycles. The standard InChI is InChI=1S/C19H21N5O4S/c1-3-23-18(28)12-7-5-4-6-11(12)15(22-23)17(27)21-20-16(26)13-10-29-19(2)9-8-14(25)24(13)19/h4-7,13H,3,8-10H2,1-2H3,(H,20,26)(H,21,27)/t13-,19-/m1/s1. The molecule has 2 aromatic rings. The zero-order valence-electron chi connectivity index (χ0n) is 16.1. The minimum atomic E-state index is -0.630. The fourth-order valence-corrected chi connectivity index (χ4v) is 5.32. The lowest BCUT2D eigenvalue weighted by Gasteiger charge is -2.29. The van der Waals surface area contributed by atoms with Crippen LogP contribution in [0.1, 0.15) is 37.2 Å². The summed E-state index contributed by atoms with van der Waals surface area (Å²) in [5.41, 5.74) is 4.57. The van der Waals surface area contributed by atoms with Gasteiger partial charge in [-0.1, -0.05) is 18.2 Å². The van der Waals surface area contributed by atoms with Gasteiger partial charge in [0, 0.05) is 24.1 Å². The molecule has 0 unspecified atom stereocenters. The van der Waals surface area contributed by atoms with Crippen LogP contribution >= 0.6 is 11.8 Å². The molecule has 1 aromatic carbocycles. The third-order valence-electron chi connectivity index (χ3n) is 5.43. The van der Waals surface area contributed by atoms with E-state index in [0.29, 0.717) is 35.9 Å². The van der Waals surface area contributed by atoms with Gasteiger partial charge in [-0.3, -0.25) is 30.0 Å². The number of amides is 3. The van der Waals surface area contributed by atoms with E-state index in [4.69, 9.17) is 0 Å². The number of hydrazine groups is 1. The Bertz CT molecular complexity index is 1080. The number of carbonyl (C=O) groups excluding carboxylic acids is 3. The Balaban J connectivity index is 1.54. The summed E-state index contributed by atoms with van der Waals surface area (Å²) in [6.07, 6.45) is 1.13. The van der Waals surface area contributed by atoms with Crippen molar-refractivity contribution < 1.29 is 14.4 Å². The highest BCUT2D eigenvalue weighted by Crippen LogP contribution is 2.47. The molecule has 4 rings (SSSR count). The molecular weight excluding hydrogens is 394 g/mol. The molecule has 3 heterocycles. The van der Waals surface area contributed by atoms with E-state index < -0.39 is 17.9 Å². The Morgan fingerprint density at radius 1 is 1.24 bits per heavy atom. The SMILES string of the molecule is CCn1nc(C(=O)NNC(=O)[C@H]2CS[C@]3(C)CCC(=O)N23)c2ccccc2c1=O. The summed E-state index contributed by atoms with van der Waals surface area (Å²) < 4.78 is 1.21. The third kappa shape index (κ3) is 3.17. The van der Waals surface area contributed by atoms with Crippen molar-refractivity contribution in [1.82, 2.24) is 25.5 Å². The number of aromatic nitrogens is 2. The monoisotopic (exact) mass is 415 g/mol. The van der Waals surface area contributed by atoms with E-state index in [9.17, 15) is 19.2 Å². The molecule has 9 nitrogen and oxygen atoms in total. The van der Waals surface area contributed by atoms with Crippen LogP contribution in [0.15, 0.2) is 29.1 Å². The van der Waals surface area contributed by atoms with Gasteiger partial charge in [-0.05, 0) is 26.3 Å². The molecule has 2 fully saturated rings. The second-order valence-corrected chi connectivity index (χ2v) is 8.73. The second kappa shape index (κ2) is 7.18. The molecular formula is C19H21N5O4S. The van der Waals surface area contributed by atoms with E-state index in [2.05, 4.69) is 16.0 Å². The van der Waals surface area contributed by atoms with Crippen molar-refractivity contribution in [2.75, 3.05) is 5.75 Å². The first-order valence-corrected chi connectivity index (χ1v) is 10.4. The van der Waals surface area contributed by atoms with Gasteiger partial charge < -0.3 is 4.90 Å². The van der Waals surface area contributed by atoms with Crippen molar-refractivity contribution in [3.05, 3.63) is 40.3 Å². The van der Waals surface area contributed by atoms with Crippen LogP contribution in [0.4, 0.5) is 0 Å². The lowest BCUT2D eigenvalue weighted by molar-refractivity contribution is -0.138. The Labute approximate surface area is 170 Å². The molecule has 152 valence electrons. The van der Waals surface area contributed by atoms with Crippen LogP contribution in [0.25, 0.3) is 10.8 Å². The molecule has 0 bridgehead atoms. The molecule has 2 aliphatic rings. The lowest BCUT2D eigenvalue weighted by atomic mass is 10.1. The third-order valence-corrected chi connectivity index (χ3v) is 6.93. The maximum absolute atomic E-state index is 12.7. The summed E-state index contributed by atoms with van der Waals surface area (Å²) in [7, 11) is 0. The van der Waals surface area contributed by atoms with Crippen LogP contribution in [0.2, 0.25) is 0 Å². The molecule has 1 aromatic heterocycles. The van der Waals surface area contributed by atoms with Crippen LogP contribution in [-0.2, 0) is 16.1 Å². The van der Waals surface area contributed by atoms with E-state index >= 15 is 0 Å². The van der Waals surface area contributed by atoms with Crippen LogP contribution in [0.3, 0.4) is 0 Å². The molecule has 10 heteroatoms. The highest BCUT2D eigenvalue weighted by molar-refractivity contribution is 8.01. The van der Waals surface area contributed by atoms with Gasteiger partial charge in [0.05, 0.1) is 10.3 Å². The van der Waals surface area contributed by atoms with Gasteiger partial charge in [0.15, 0.2) is 5.69 Å². The largest absolute Gasteiger partial charge is 0.315 e. The zero-order valence-corrected chi connectivity index (χ0v) is 16.9. The highest BCUT2D eigenvalue weighted by atomic mass is 32.2. The number of hydrogen-bond donors (Lipinski definition) is 2. The molecule has 2 atom stereocenters. The van der Waals surface area contributed by atoms with E-state index in [1.165, 1.54) is 4.68 Å². The Kier molecular flexibility index (Phi) is 4.81. The number of nitrogens with zero attached hydrogens (tertiary/aromatic N) is 3. The normalized spacial score (nSPS) is 23.3. The molecule has 2 aliphatic heterocycles. The number of benzene rings is 1. The number of nitrogens with one attached hydrogen (secondary N) is 2. The van der Waals surface area contributed by atoms with Gasteiger partial charge >= 0.3 is 0 Å². The van der Waals surface area contributed by atoms with Crippen LogP contribution in [0, 0.1) is 0 Å². The fourth-order valence-electron chi connectivity index (χ4n) is 3.89. The number of carbonyl (C=O) groups is 3. The topological polar surface area (TPSA) is 113 Å². The van der Waals surface area contributed by atoms with Gasteiger partial charge in [0.1, 0.15) is 6.04 Å². The number of rotatable bonds is 3. The quantitative estimate of drug-likeness (QED) is 0.711. The summed E-state index contributed by atoms with van der Waals surface area (Å²) >= 11 is 1.58. The summed E-state index contributed by atoms with van der Waals surface area (Å²) in [5.74, 6) is -0.645. The number of thioether (sulfide) groups is 1. The van der Waals surface area contributed by atoms with Gasteiger partial charge in [0.2, 0.25) is 5.91 Å². The zero-order chi connectivity index (χ0) is 20.8. The Morgan fingerprint density at radius 3 is 2.69 bits per heavy atom. The predicted octanol–water partition coefficient (Wildman–Crippen LogP) is 0.631.